The van der Waals surface area contributed by atoms with Gasteiger partial charge in [-0.3, -0.25) is 4.79 Å². The minimum Gasteiger partial charge on any atom is -0.349 e. The van der Waals surface area contributed by atoms with E-state index >= 15 is 0 Å². The van der Waals surface area contributed by atoms with E-state index in [9.17, 15) is 10.1 Å². The molecule has 2 rings (SSSR count). The zero-order chi connectivity index (χ0) is 18.6. The number of aryl methyl sites for hydroxylation is 1. The Morgan fingerprint density at radius 2 is 2.08 bits per heavy atom. The van der Waals surface area contributed by atoms with Crippen molar-refractivity contribution in [2.24, 2.45) is 0 Å². The molecular formula is C19H20ClN3OS. The van der Waals surface area contributed by atoms with Gasteiger partial charge in [0.05, 0.1) is 17.4 Å². The van der Waals surface area contributed by atoms with Crippen molar-refractivity contribution >= 4 is 29.3 Å². The molecule has 1 atom stereocenters. The molecule has 1 heterocycles. The fourth-order valence-corrected chi connectivity index (χ4v) is 3.52. The summed E-state index contributed by atoms with van der Waals surface area (Å²) in [6, 6.07) is 9.47. The van der Waals surface area contributed by atoms with Crippen LogP contribution in [0, 0.1) is 32.1 Å². The van der Waals surface area contributed by atoms with Crippen LogP contribution in [0.3, 0.4) is 0 Å². The van der Waals surface area contributed by atoms with Gasteiger partial charge in [0.25, 0.3) is 0 Å². The maximum absolute atomic E-state index is 12.2. The third-order valence-corrected chi connectivity index (χ3v) is 5.35. The lowest BCUT2D eigenvalue weighted by Crippen LogP contribution is -2.28. The van der Waals surface area contributed by atoms with Gasteiger partial charge in [-0.2, -0.15) is 5.26 Å². The van der Waals surface area contributed by atoms with Crippen molar-refractivity contribution in [3.8, 4) is 6.07 Å². The lowest BCUT2D eigenvalue weighted by atomic mass is 10.1. The molecule has 2 aromatic rings. The van der Waals surface area contributed by atoms with Gasteiger partial charge in [0.1, 0.15) is 11.1 Å². The van der Waals surface area contributed by atoms with Crippen molar-refractivity contribution < 1.29 is 4.79 Å². The first-order valence-electron chi connectivity index (χ1n) is 7.89. The number of carbonyl (C=O) groups excluding carboxylic acids is 1. The van der Waals surface area contributed by atoms with Crippen LogP contribution < -0.4 is 5.32 Å². The summed E-state index contributed by atoms with van der Waals surface area (Å²) < 4.78 is 0. The molecule has 0 radical (unpaired) electrons. The molecular weight excluding hydrogens is 354 g/mol. The highest BCUT2D eigenvalue weighted by Crippen LogP contribution is 2.26. The molecule has 0 aliphatic carbocycles. The van der Waals surface area contributed by atoms with Crippen LogP contribution in [0.2, 0.25) is 5.02 Å². The number of amides is 1. The number of carbonyl (C=O) groups is 1. The number of nitriles is 1. The number of hydrogen-bond donors (Lipinski definition) is 1. The van der Waals surface area contributed by atoms with Crippen molar-refractivity contribution in [2.75, 3.05) is 5.75 Å². The number of rotatable bonds is 5. The third kappa shape index (κ3) is 4.75. The van der Waals surface area contributed by atoms with Crippen LogP contribution in [0.5, 0.6) is 0 Å². The molecule has 0 spiro atoms. The van der Waals surface area contributed by atoms with Crippen molar-refractivity contribution in [3.05, 3.63) is 57.2 Å². The fourth-order valence-electron chi connectivity index (χ4n) is 2.42. The Hall–Kier alpha value is -2.03. The highest BCUT2D eigenvalue weighted by molar-refractivity contribution is 8.00. The molecule has 0 saturated heterocycles. The van der Waals surface area contributed by atoms with Crippen LogP contribution in [-0.2, 0) is 4.79 Å². The number of aromatic nitrogens is 1. The zero-order valence-electron chi connectivity index (χ0n) is 14.7. The fraction of sp³-hybridized carbons (Fsp3) is 0.316. The number of thioether (sulfide) groups is 1. The monoisotopic (exact) mass is 373 g/mol. The maximum Gasteiger partial charge on any atom is 0.230 e. The van der Waals surface area contributed by atoms with Gasteiger partial charge < -0.3 is 5.32 Å². The zero-order valence-corrected chi connectivity index (χ0v) is 16.3. The van der Waals surface area contributed by atoms with Crippen LogP contribution in [-0.4, -0.2) is 16.6 Å². The Morgan fingerprint density at radius 1 is 1.36 bits per heavy atom. The molecule has 130 valence electrons. The summed E-state index contributed by atoms with van der Waals surface area (Å²) in [4.78, 5) is 16.7. The summed E-state index contributed by atoms with van der Waals surface area (Å²) in [5.41, 5.74) is 4.31. The van der Waals surface area contributed by atoms with Crippen molar-refractivity contribution in [3.63, 3.8) is 0 Å². The van der Waals surface area contributed by atoms with Gasteiger partial charge in [-0.25, -0.2) is 4.98 Å². The second-order valence-electron chi connectivity index (χ2n) is 5.87. The molecule has 1 aromatic heterocycles. The largest absolute Gasteiger partial charge is 0.349 e. The number of benzene rings is 1. The number of nitrogens with one attached hydrogen (secondary N) is 1. The molecule has 0 bridgehead atoms. The predicted octanol–water partition coefficient (Wildman–Crippen LogP) is 4.50. The van der Waals surface area contributed by atoms with E-state index in [1.165, 1.54) is 11.8 Å². The van der Waals surface area contributed by atoms with E-state index in [2.05, 4.69) is 16.4 Å². The van der Waals surface area contributed by atoms with Crippen molar-refractivity contribution in [1.82, 2.24) is 10.3 Å². The first-order chi connectivity index (χ1) is 11.8. The van der Waals surface area contributed by atoms with E-state index in [0.29, 0.717) is 15.6 Å². The quantitative estimate of drug-likeness (QED) is 0.783. The Bertz CT molecular complexity index is 845. The molecule has 0 fully saturated rings. The van der Waals surface area contributed by atoms with E-state index in [0.717, 1.165) is 22.4 Å². The third-order valence-electron chi connectivity index (χ3n) is 4.14. The van der Waals surface area contributed by atoms with E-state index in [4.69, 9.17) is 11.6 Å². The van der Waals surface area contributed by atoms with Gasteiger partial charge in [-0.15, -0.1) is 0 Å². The minimum absolute atomic E-state index is 0.112. The molecule has 1 N–H and O–H groups in total. The average molecular weight is 374 g/mol. The molecule has 0 aliphatic rings. The van der Waals surface area contributed by atoms with Gasteiger partial charge in [0.15, 0.2) is 0 Å². The molecule has 1 amide bonds. The smallest absolute Gasteiger partial charge is 0.230 e. The van der Waals surface area contributed by atoms with E-state index in [-0.39, 0.29) is 17.7 Å². The van der Waals surface area contributed by atoms with Gasteiger partial charge in [0, 0.05) is 10.7 Å². The summed E-state index contributed by atoms with van der Waals surface area (Å²) in [7, 11) is 0. The maximum atomic E-state index is 12.2. The second-order valence-corrected chi connectivity index (χ2v) is 7.27. The number of pyridine rings is 1. The molecule has 25 heavy (non-hydrogen) atoms. The van der Waals surface area contributed by atoms with Crippen LogP contribution in [0.1, 0.15) is 40.9 Å². The topological polar surface area (TPSA) is 65.8 Å². The van der Waals surface area contributed by atoms with Gasteiger partial charge >= 0.3 is 0 Å². The standard InChI is InChI=1S/C19H20ClN3OS/c1-11-12(2)17(9-21)19(23-13(11)3)25-10-18(24)22-14(4)15-6-5-7-16(20)8-15/h5-8,14H,10H2,1-4H3,(H,22,24)/t14-/m0/s1. The Balaban J connectivity index is 2.04. The molecule has 0 aliphatic heterocycles. The Labute approximate surface area is 157 Å². The molecule has 6 heteroatoms. The highest BCUT2D eigenvalue weighted by Gasteiger charge is 2.15. The molecule has 1 aromatic carbocycles. The normalized spacial score (nSPS) is 11.7. The highest BCUT2D eigenvalue weighted by atomic mass is 35.5. The summed E-state index contributed by atoms with van der Waals surface area (Å²) >= 11 is 7.27. The summed E-state index contributed by atoms with van der Waals surface area (Å²) in [5, 5.41) is 13.6. The Kier molecular flexibility index (Phi) is 6.46. The summed E-state index contributed by atoms with van der Waals surface area (Å²) in [6.45, 7) is 7.68. The van der Waals surface area contributed by atoms with Crippen LogP contribution in [0.25, 0.3) is 0 Å². The van der Waals surface area contributed by atoms with Crippen molar-refractivity contribution in [1.29, 1.82) is 5.26 Å². The first-order valence-corrected chi connectivity index (χ1v) is 9.25. The summed E-state index contributed by atoms with van der Waals surface area (Å²) in [6.07, 6.45) is 0. The predicted molar refractivity (Wildman–Crippen MR) is 102 cm³/mol. The van der Waals surface area contributed by atoms with Gasteiger partial charge in [-0.05, 0) is 56.5 Å². The first kappa shape index (κ1) is 19.3. The lowest BCUT2D eigenvalue weighted by molar-refractivity contribution is -0.119. The van der Waals surface area contributed by atoms with Crippen molar-refractivity contribution in [2.45, 2.75) is 38.8 Å². The van der Waals surface area contributed by atoms with E-state index < -0.39 is 0 Å². The van der Waals surface area contributed by atoms with Crippen LogP contribution in [0.15, 0.2) is 29.3 Å². The van der Waals surface area contributed by atoms with Crippen LogP contribution in [0.4, 0.5) is 0 Å². The van der Waals surface area contributed by atoms with E-state index in [1.54, 1.807) is 6.07 Å². The number of hydrogen-bond acceptors (Lipinski definition) is 4. The minimum atomic E-state index is -0.142. The Morgan fingerprint density at radius 3 is 2.72 bits per heavy atom. The molecule has 0 saturated carbocycles. The molecule has 4 nitrogen and oxygen atoms in total. The second kappa shape index (κ2) is 8.37. The number of nitrogens with zero attached hydrogens (tertiary/aromatic N) is 2. The summed E-state index contributed by atoms with van der Waals surface area (Å²) in [5.74, 6) is 0.0909. The SMILES string of the molecule is Cc1nc(SCC(=O)N[C@@H](C)c2cccc(Cl)c2)c(C#N)c(C)c1C. The number of halogens is 1. The van der Waals surface area contributed by atoms with Gasteiger partial charge in [0.2, 0.25) is 5.91 Å². The lowest BCUT2D eigenvalue weighted by Gasteiger charge is -2.15. The van der Waals surface area contributed by atoms with Crippen LogP contribution >= 0.6 is 23.4 Å². The van der Waals surface area contributed by atoms with E-state index in [1.807, 2.05) is 45.9 Å². The average Bonchev–Trinajstić information content (AvgIpc) is 2.58. The van der Waals surface area contributed by atoms with Gasteiger partial charge in [-0.1, -0.05) is 35.5 Å². The molecule has 0 unspecified atom stereocenters.